The fourth-order valence-corrected chi connectivity index (χ4v) is 2.29. The summed E-state index contributed by atoms with van der Waals surface area (Å²) in [6.45, 7) is 0. The molecule has 0 aliphatic carbocycles. The van der Waals surface area contributed by atoms with Crippen molar-refractivity contribution in [3.05, 3.63) is 63.4 Å². The smallest absolute Gasteiger partial charge is 0.345 e. The second-order valence-electron chi connectivity index (χ2n) is 3.94. The lowest BCUT2D eigenvalue weighted by Crippen LogP contribution is -1.93. The lowest BCUT2D eigenvalue weighted by molar-refractivity contribution is 0.0702. The van der Waals surface area contributed by atoms with Gasteiger partial charge in [0.1, 0.15) is 4.88 Å². The van der Waals surface area contributed by atoms with Gasteiger partial charge in [0.2, 0.25) is 0 Å². The van der Waals surface area contributed by atoms with E-state index < -0.39 is 5.97 Å². The largest absolute Gasteiger partial charge is 0.477 e. The molecule has 2 rings (SSSR count). The number of ketones is 1. The Morgan fingerprint density at radius 3 is 2.75 bits per heavy atom. The van der Waals surface area contributed by atoms with Crippen LogP contribution in [-0.2, 0) is 0 Å². The summed E-state index contributed by atoms with van der Waals surface area (Å²) >= 11 is 1.02. The average Bonchev–Trinajstić information content (AvgIpc) is 2.95. The van der Waals surface area contributed by atoms with Gasteiger partial charge in [-0.25, -0.2) is 4.79 Å². The van der Waals surface area contributed by atoms with E-state index in [9.17, 15) is 9.59 Å². The minimum atomic E-state index is -1.04. The molecule has 1 aromatic carbocycles. The van der Waals surface area contributed by atoms with Crippen LogP contribution in [0.3, 0.4) is 0 Å². The normalized spacial score (nSPS) is 10.3. The van der Waals surface area contributed by atoms with Gasteiger partial charge in [0.05, 0.1) is 11.6 Å². The molecule has 0 spiro atoms. The maximum absolute atomic E-state index is 11.9. The van der Waals surface area contributed by atoms with E-state index in [2.05, 4.69) is 0 Å². The van der Waals surface area contributed by atoms with Gasteiger partial charge in [-0.1, -0.05) is 18.2 Å². The molecule has 98 valence electrons. The predicted octanol–water partition coefficient (Wildman–Crippen LogP) is 3.21. The molecule has 1 heterocycles. The van der Waals surface area contributed by atoms with Gasteiger partial charge < -0.3 is 5.11 Å². The first kappa shape index (κ1) is 13.7. The maximum atomic E-state index is 11.9. The molecule has 0 aliphatic rings. The Labute approximate surface area is 119 Å². The molecule has 0 bridgehead atoms. The monoisotopic (exact) mass is 283 g/mol. The van der Waals surface area contributed by atoms with E-state index in [1.165, 1.54) is 17.5 Å². The fraction of sp³-hybridized carbons (Fsp3) is 0. The number of hydrogen-bond acceptors (Lipinski definition) is 4. The maximum Gasteiger partial charge on any atom is 0.345 e. The van der Waals surface area contributed by atoms with E-state index in [0.717, 1.165) is 16.9 Å². The van der Waals surface area contributed by atoms with Crippen molar-refractivity contribution in [1.82, 2.24) is 0 Å². The van der Waals surface area contributed by atoms with Gasteiger partial charge in [-0.3, -0.25) is 4.79 Å². The number of nitriles is 1. The van der Waals surface area contributed by atoms with Crippen LogP contribution < -0.4 is 0 Å². The number of nitrogens with zero attached hydrogens (tertiary/aromatic N) is 1. The second kappa shape index (κ2) is 5.95. The Kier molecular flexibility index (Phi) is 4.08. The molecule has 1 aromatic heterocycles. The van der Waals surface area contributed by atoms with Gasteiger partial charge in [0, 0.05) is 10.9 Å². The molecule has 1 N–H and O–H groups in total. The van der Waals surface area contributed by atoms with Crippen molar-refractivity contribution in [1.29, 1.82) is 5.26 Å². The number of carboxylic acids is 1. The number of carbonyl (C=O) groups excluding carboxylic acids is 1. The standard InChI is InChI=1S/C15H9NO3S/c16-8-11-3-1-2-10(6-11)4-5-13(17)12-7-14(15(18)19)20-9-12/h1-7,9H,(H,18,19). The van der Waals surface area contributed by atoms with Gasteiger partial charge in [-0.15, -0.1) is 11.3 Å². The van der Waals surface area contributed by atoms with Crippen molar-refractivity contribution < 1.29 is 14.7 Å². The Morgan fingerprint density at radius 2 is 2.10 bits per heavy atom. The molecule has 20 heavy (non-hydrogen) atoms. The fourth-order valence-electron chi connectivity index (χ4n) is 1.56. The zero-order valence-electron chi connectivity index (χ0n) is 10.2. The van der Waals surface area contributed by atoms with Crippen LogP contribution >= 0.6 is 11.3 Å². The van der Waals surface area contributed by atoms with E-state index in [1.807, 2.05) is 6.07 Å². The van der Waals surface area contributed by atoms with Gasteiger partial charge in [0.15, 0.2) is 5.78 Å². The number of carboxylic acid groups (broad SMARTS) is 1. The summed E-state index contributed by atoms with van der Waals surface area (Å²) in [5, 5.41) is 19.1. The number of benzene rings is 1. The van der Waals surface area contributed by atoms with E-state index >= 15 is 0 Å². The third-order valence-electron chi connectivity index (χ3n) is 2.54. The molecule has 0 amide bonds. The lowest BCUT2D eigenvalue weighted by Gasteiger charge is -1.93. The quantitative estimate of drug-likeness (QED) is 0.690. The molecule has 0 saturated carbocycles. The molecule has 0 saturated heterocycles. The third kappa shape index (κ3) is 3.19. The molecule has 0 radical (unpaired) electrons. The van der Waals surface area contributed by atoms with Crippen LogP contribution in [0.15, 0.2) is 41.8 Å². The topological polar surface area (TPSA) is 78.2 Å². The molecule has 5 heteroatoms. The zero-order valence-corrected chi connectivity index (χ0v) is 11.1. The van der Waals surface area contributed by atoms with E-state index in [1.54, 1.807) is 30.3 Å². The summed E-state index contributed by atoms with van der Waals surface area (Å²) in [7, 11) is 0. The molecule has 0 atom stereocenters. The van der Waals surface area contributed by atoms with Crippen LogP contribution in [0.2, 0.25) is 0 Å². The summed E-state index contributed by atoms with van der Waals surface area (Å²) < 4.78 is 0. The van der Waals surface area contributed by atoms with Crippen molar-refractivity contribution in [3.8, 4) is 6.07 Å². The highest BCUT2D eigenvalue weighted by molar-refractivity contribution is 7.12. The Bertz CT molecular complexity index is 738. The molecule has 2 aromatic rings. The first-order chi connectivity index (χ1) is 9.60. The summed E-state index contributed by atoms with van der Waals surface area (Å²) in [6.07, 6.45) is 2.96. The summed E-state index contributed by atoms with van der Waals surface area (Å²) in [5.74, 6) is -1.31. The first-order valence-electron chi connectivity index (χ1n) is 5.64. The Morgan fingerprint density at radius 1 is 1.30 bits per heavy atom. The Balaban J connectivity index is 2.16. The minimum absolute atomic E-state index is 0.133. The van der Waals surface area contributed by atoms with Crippen LogP contribution in [-0.4, -0.2) is 16.9 Å². The second-order valence-corrected chi connectivity index (χ2v) is 4.85. The average molecular weight is 283 g/mol. The number of thiophene rings is 1. The zero-order chi connectivity index (χ0) is 14.5. The van der Waals surface area contributed by atoms with Crippen LogP contribution in [0.4, 0.5) is 0 Å². The summed E-state index contributed by atoms with van der Waals surface area (Å²) in [4.78, 5) is 22.7. The number of carbonyl (C=O) groups is 2. The lowest BCUT2D eigenvalue weighted by atomic mass is 10.1. The summed E-state index contributed by atoms with van der Waals surface area (Å²) in [5.41, 5.74) is 1.61. The van der Waals surface area contributed by atoms with Gasteiger partial charge >= 0.3 is 5.97 Å². The van der Waals surface area contributed by atoms with Crippen molar-refractivity contribution in [2.45, 2.75) is 0 Å². The first-order valence-corrected chi connectivity index (χ1v) is 6.52. The van der Waals surface area contributed by atoms with Crippen molar-refractivity contribution in [2.75, 3.05) is 0 Å². The molecule has 0 aliphatic heterocycles. The summed E-state index contributed by atoms with van der Waals surface area (Å²) in [6, 6.07) is 10.2. The highest BCUT2D eigenvalue weighted by Crippen LogP contribution is 2.16. The van der Waals surface area contributed by atoms with Gasteiger partial charge in [0.25, 0.3) is 0 Å². The predicted molar refractivity (Wildman–Crippen MR) is 75.8 cm³/mol. The van der Waals surface area contributed by atoms with Crippen LogP contribution in [0.1, 0.15) is 31.2 Å². The van der Waals surface area contributed by atoms with Crippen LogP contribution in [0, 0.1) is 11.3 Å². The van der Waals surface area contributed by atoms with Crippen molar-refractivity contribution in [3.63, 3.8) is 0 Å². The van der Waals surface area contributed by atoms with E-state index in [4.69, 9.17) is 10.4 Å². The van der Waals surface area contributed by atoms with E-state index in [0.29, 0.717) is 11.1 Å². The third-order valence-corrected chi connectivity index (χ3v) is 3.46. The molecule has 0 fully saturated rings. The number of hydrogen-bond donors (Lipinski definition) is 1. The van der Waals surface area contributed by atoms with E-state index in [-0.39, 0.29) is 10.7 Å². The minimum Gasteiger partial charge on any atom is -0.477 e. The Hall–Kier alpha value is -2.71. The van der Waals surface area contributed by atoms with Crippen LogP contribution in [0.5, 0.6) is 0 Å². The number of allylic oxidation sites excluding steroid dienone is 1. The molecule has 0 unspecified atom stereocenters. The number of rotatable bonds is 4. The SMILES string of the molecule is N#Cc1cccc(C=CC(=O)c2csc(C(=O)O)c2)c1. The number of aromatic carboxylic acids is 1. The highest BCUT2D eigenvalue weighted by atomic mass is 32.1. The molecule has 4 nitrogen and oxygen atoms in total. The van der Waals surface area contributed by atoms with Crippen molar-refractivity contribution >= 4 is 29.2 Å². The van der Waals surface area contributed by atoms with Crippen molar-refractivity contribution in [2.24, 2.45) is 0 Å². The van der Waals surface area contributed by atoms with Gasteiger partial charge in [-0.2, -0.15) is 5.26 Å². The molecular formula is C15H9NO3S. The highest BCUT2D eigenvalue weighted by Gasteiger charge is 2.10. The molecular weight excluding hydrogens is 274 g/mol. The van der Waals surface area contributed by atoms with Crippen LogP contribution in [0.25, 0.3) is 6.08 Å². The van der Waals surface area contributed by atoms with Gasteiger partial charge in [-0.05, 0) is 29.8 Å².